The number of ether oxygens (including phenoxy) is 6. The van der Waals surface area contributed by atoms with Gasteiger partial charge in [-0.05, 0) is 24.8 Å². The van der Waals surface area contributed by atoms with Gasteiger partial charge in [0.2, 0.25) is 0 Å². The molecule has 0 aromatic carbocycles. The summed E-state index contributed by atoms with van der Waals surface area (Å²) in [7, 11) is 1.13. The summed E-state index contributed by atoms with van der Waals surface area (Å²) in [6.07, 6.45) is -9.12. The largest absolute Gasteiger partial charge is 0.472 e. The number of hydrogen-bond acceptors (Lipinski definition) is 16. The Morgan fingerprint density at radius 2 is 1.60 bits per heavy atom. The van der Waals surface area contributed by atoms with Crippen LogP contribution in [-0.2, 0) is 52.4 Å². The van der Waals surface area contributed by atoms with Crippen LogP contribution in [0.2, 0.25) is 0 Å². The highest BCUT2D eigenvalue weighted by Gasteiger charge is 3.08. The van der Waals surface area contributed by atoms with Crippen LogP contribution in [0.3, 0.4) is 0 Å². The lowest BCUT2D eigenvalue weighted by molar-refractivity contribution is -0.458. The summed E-state index contributed by atoms with van der Waals surface area (Å²) in [4.78, 5) is 66.4. The molecule has 16 nitrogen and oxygen atoms in total. The van der Waals surface area contributed by atoms with Gasteiger partial charge in [0, 0.05) is 43.1 Å². The summed E-state index contributed by atoms with van der Waals surface area (Å²) in [6.45, 7) is 6.54. The predicted octanol–water partition coefficient (Wildman–Crippen LogP) is -0.233. The molecular formula is C34H40O16. The molecule has 0 radical (unpaired) electrons. The molecule has 2 bridgehead atoms. The fourth-order valence-corrected chi connectivity index (χ4v) is 12.6. The summed E-state index contributed by atoms with van der Waals surface area (Å²) in [5.41, 5.74) is -18.3. The van der Waals surface area contributed by atoms with Gasteiger partial charge in [-0.25, -0.2) is 4.79 Å². The van der Waals surface area contributed by atoms with Crippen molar-refractivity contribution in [2.75, 3.05) is 7.11 Å². The van der Waals surface area contributed by atoms with Crippen molar-refractivity contribution in [3.8, 4) is 0 Å². The lowest BCUT2D eigenvalue weighted by atomic mass is 9.33. The van der Waals surface area contributed by atoms with Gasteiger partial charge >= 0.3 is 29.8 Å². The molecule has 15 atom stereocenters. The number of carbonyl (C=O) groups excluding carboxylic acids is 5. The van der Waals surface area contributed by atoms with E-state index in [0.717, 1.165) is 21.0 Å². The van der Waals surface area contributed by atoms with Crippen LogP contribution in [0.5, 0.6) is 0 Å². The van der Waals surface area contributed by atoms with E-state index < -0.39 is 129 Å². The molecular weight excluding hydrogens is 664 g/mol. The molecule has 1 aromatic rings. The maximum Gasteiger partial charge on any atom is 0.336 e. The minimum atomic E-state index is -2.97. The van der Waals surface area contributed by atoms with Gasteiger partial charge in [-0.1, -0.05) is 20.8 Å². The van der Waals surface area contributed by atoms with E-state index in [4.69, 9.17) is 32.8 Å². The van der Waals surface area contributed by atoms with Crippen molar-refractivity contribution in [1.82, 2.24) is 0 Å². The smallest absolute Gasteiger partial charge is 0.336 e. The maximum absolute atomic E-state index is 14.2. The zero-order valence-electron chi connectivity index (χ0n) is 28.3. The molecule has 2 aliphatic heterocycles. The van der Waals surface area contributed by atoms with Crippen LogP contribution < -0.4 is 0 Å². The van der Waals surface area contributed by atoms with E-state index in [1.807, 2.05) is 0 Å². The van der Waals surface area contributed by atoms with Crippen molar-refractivity contribution in [2.24, 2.45) is 27.6 Å². The zero-order chi connectivity index (χ0) is 36.4. The van der Waals surface area contributed by atoms with E-state index in [0.29, 0.717) is 5.56 Å². The van der Waals surface area contributed by atoms with Gasteiger partial charge in [0.25, 0.3) is 0 Å². The maximum atomic E-state index is 14.2. The van der Waals surface area contributed by atoms with Crippen molar-refractivity contribution in [1.29, 1.82) is 0 Å². The number of hydrogen-bond donors (Lipinski definition) is 4. The molecule has 50 heavy (non-hydrogen) atoms. The first kappa shape index (κ1) is 33.6. The van der Waals surface area contributed by atoms with Gasteiger partial charge in [0.05, 0.1) is 36.6 Å². The number of fused-ring (bicyclic) bond motifs is 3. The molecule has 3 unspecified atom stereocenters. The Morgan fingerprint density at radius 1 is 0.920 bits per heavy atom. The number of furan rings is 1. The van der Waals surface area contributed by atoms with Crippen LogP contribution in [-0.4, -0.2) is 110 Å². The minimum absolute atomic E-state index is 0.190. The Labute approximate surface area is 285 Å². The molecule has 0 amide bonds. The van der Waals surface area contributed by atoms with Gasteiger partial charge in [0.15, 0.2) is 30.0 Å². The molecule has 5 saturated carbocycles. The van der Waals surface area contributed by atoms with Gasteiger partial charge < -0.3 is 53.3 Å². The molecule has 8 rings (SSSR count). The van der Waals surface area contributed by atoms with Gasteiger partial charge in [-0.15, -0.1) is 0 Å². The van der Waals surface area contributed by atoms with Crippen molar-refractivity contribution < 1.29 is 77.2 Å². The zero-order valence-corrected chi connectivity index (χ0v) is 28.3. The van der Waals surface area contributed by atoms with Crippen molar-refractivity contribution in [3.63, 3.8) is 0 Å². The highest BCUT2D eigenvalue weighted by atomic mass is 16.6. The number of methoxy groups -OCH3 is 1. The molecule has 3 heterocycles. The predicted molar refractivity (Wildman–Crippen MR) is 158 cm³/mol. The first-order valence-corrected chi connectivity index (χ1v) is 16.7. The number of aliphatic hydroxyl groups is 4. The van der Waals surface area contributed by atoms with Gasteiger partial charge in [0.1, 0.15) is 22.9 Å². The number of esters is 5. The molecule has 1 aromatic heterocycles. The second-order valence-electron chi connectivity index (χ2n) is 15.7. The second-order valence-corrected chi connectivity index (χ2v) is 15.7. The van der Waals surface area contributed by atoms with Crippen molar-refractivity contribution in [2.45, 2.75) is 119 Å². The summed E-state index contributed by atoms with van der Waals surface area (Å²) in [6, 6.07) is 1.54. The highest BCUT2D eigenvalue weighted by molar-refractivity contribution is 5.83. The topological polar surface area (TPSA) is 235 Å². The third-order valence-corrected chi connectivity index (χ3v) is 14.2. The molecule has 7 aliphatic rings. The van der Waals surface area contributed by atoms with E-state index in [1.54, 1.807) is 6.07 Å². The highest BCUT2D eigenvalue weighted by Crippen LogP contribution is 2.93. The van der Waals surface area contributed by atoms with E-state index in [1.165, 1.54) is 33.3 Å². The van der Waals surface area contributed by atoms with E-state index in [-0.39, 0.29) is 12.8 Å². The quantitative estimate of drug-likeness (QED) is 0.212. The monoisotopic (exact) mass is 704 g/mol. The lowest BCUT2D eigenvalue weighted by Gasteiger charge is -2.76. The molecule has 4 N–H and O–H groups in total. The Morgan fingerprint density at radius 3 is 2.18 bits per heavy atom. The van der Waals surface area contributed by atoms with E-state index in [9.17, 15) is 44.4 Å². The summed E-state index contributed by atoms with van der Waals surface area (Å²) in [5, 5.41) is 53.9. The van der Waals surface area contributed by atoms with Crippen LogP contribution in [0.15, 0.2) is 23.0 Å². The molecule has 5 aliphatic carbocycles. The molecule has 1 spiro atoms. The Hall–Kier alpha value is -3.57. The van der Waals surface area contributed by atoms with Crippen LogP contribution in [0.25, 0.3) is 0 Å². The second kappa shape index (κ2) is 9.45. The van der Waals surface area contributed by atoms with Crippen LogP contribution in [0, 0.1) is 27.6 Å². The molecule has 16 heteroatoms. The fourth-order valence-electron chi connectivity index (χ4n) is 12.6. The van der Waals surface area contributed by atoms with Gasteiger partial charge in [-0.3, -0.25) is 19.2 Å². The Bertz CT molecular complexity index is 1740. The summed E-state index contributed by atoms with van der Waals surface area (Å²) >= 11 is 0. The standard InChI is InChI=1S/C34H40O16/c1-7-18(37)48-22-21(46-14(2)35)29-13-30(29)23(49-20(29)16-8-9-45-11-16)24(39)50-26-32(41)25(47-15(3)36)27(4)12-31(32,40)28(5,17(27)10-19(38)44-6)33(22,42)34(26,30)43/h8-9,11,17,20-23,25-26,40-43H,7,10,12-13H2,1-6H3/t17-,20+,21-,22+,23-,25-,26+,27+,28?,29+,30+,31?,32?,33-,34-/m0/s1. The van der Waals surface area contributed by atoms with Crippen molar-refractivity contribution in [3.05, 3.63) is 24.2 Å². The minimum Gasteiger partial charge on any atom is -0.472 e. The average Bonchev–Trinajstić information content (AvgIpc) is 3.31. The van der Waals surface area contributed by atoms with E-state index in [2.05, 4.69) is 0 Å². The first-order valence-electron chi connectivity index (χ1n) is 16.7. The SMILES string of the molecule is CCC(=O)O[C@@H]1[C@H](OC(C)=O)[C@]23C[C@@]24[C@@H](O[C@@H]3c2ccoc2)C(=O)O[C@@H]2C3(O)[C@@H](OC(C)=O)[C@]5(C)CC3(O)C(C)([C@H]5CC(=O)OC)[C@]1(O)[C@]24O. The average molecular weight is 705 g/mol. The van der Waals surface area contributed by atoms with Crippen LogP contribution in [0.4, 0.5) is 0 Å². The third-order valence-electron chi connectivity index (χ3n) is 14.2. The third kappa shape index (κ3) is 2.99. The molecule has 7 fully saturated rings. The molecule has 272 valence electrons. The number of carbonyl (C=O) groups is 5. The lowest BCUT2D eigenvalue weighted by Crippen LogP contribution is -2.98. The fraction of sp³-hybridized carbons (Fsp3) is 0.735. The van der Waals surface area contributed by atoms with Crippen LogP contribution in [0.1, 0.15) is 72.0 Å². The number of rotatable bonds is 7. The van der Waals surface area contributed by atoms with Crippen LogP contribution >= 0.6 is 0 Å². The molecule has 2 saturated heterocycles. The summed E-state index contributed by atoms with van der Waals surface area (Å²) in [5.74, 6) is -5.79. The Balaban J connectivity index is 1.50. The Kier molecular flexibility index (Phi) is 6.34. The summed E-state index contributed by atoms with van der Waals surface area (Å²) < 4.78 is 40.5. The normalized spacial score (nSPS) is 52.7. The first-order chi connectivity index (χ1) is 23.3. The van der Waals surface area contributed by atoms with Gasteiger partial charge in [-0.2, -0.15) is 0 Å². The van der Waals surface area contributed by atoms with Crippen molar-refractivity contribution >= 4 is 29.8 Å². The van der Waals surface area contributed by atoms with E-state index >= 15 is 0 Å².